The Morgan fingerprint density at radius 3 is 2.50 bits per heavy atom. The average molecular weight is 290 g/mol. The van der Waals surface area contributed by atoms with Gasteiger partial charge in [0, 0.05) is 43.8 Å². The van der Waals surface area contributed by atoms with Gasteiger partial charge in [0.05, 0.1) is 0 Å². The van der Waals surface area contributed by atoms with Gasteiger partial charge in [-0.1, -0.05) is 23.7 Å². The lowest BCUT2D eigenvalue weighted by atomic mass is 10.0. The number of nitrogens with zero attached hydrogens (tertiary/aromatic N) is 2. The van der Waals surface area contributed by atoms with Crippen LogP contribution in [0.4, 0.5) is 0 Å². The van der Waals surface area contributed by atoms with Crippen molar-refractivity contribution >= 4 is 24.0 Å². The van der Waals surface area contributed by atoms with Crippen molar-refractivity contribution in [3.63, 3.8) is 0 Å². The topological polar surface area (TPSA) is 32.5 Å². The molecule has 0 radical (unpaired) electrons. The summed E-state index contributed by atoms with van der Waals surface area (Å²) >= 11 is 6.04. The molecule has 2 rings (SSSR count). The van der Waals surface area contributed by atoms with Crippen molar-refractivity contribution in [1.29, 1.82) is 0 Å². The summed E-state index contributed by atoms with van der Waals surface area (Å²) in [5.74, 6) is 0. The predicted octanol–water partition coefficient (Wildman–Crippen LogP) is 2.01. The van der Waals surface area contributed by atoms with Gasteiger partial charge in [-0.3, -0.25) is 4.90 Å². The van der Waals surface area contributed by atoms with Gasteiger partial charge in [-0.25, -0.2) is 0 Å². The van der Waals surface area contributed by atoms with E-state index in [1.807, 2.05) is 18.2 Å². The third kappa shape index (κ3) is 3.84. The van der Waals surface area contributed by atoms with E-state index in [1.165, 1.54) is 5.56 Å². The molecule has 0 saturated carbocycles. The first-order chi connectivity index (χ1) is 8.20. The highest BCUT2D eigenvalue weighted by molar-refractivity contribution is 6.30. The van der Waals surface area contributed by atoms with Gasteiger partial charge in [0.25, 0.3) is 0 Å². The second-order valence-electron chi connectivity index (χ2n) is 4.65. The maximum atomic E-state index is 6.04. The van der Waals surface area contributed by atoms with Gasteiger partial charge >= 0.3 is 0 Å². The first-order valence-electron chi connectivity index (χ1n) is 6.09. The Balaban J connectivity index is 0.00000162. The average Bonchev–Trinajstić information content (AvgIpc) is 2.33. The fourth-order valence-corrected chi connectivity index (χ4v) is 2.54. The van der Waals surface area contributed by atoms with Gasteiger partial charge in [-0.05, 0) is 24.7 Å². The molecule has 0 spiro atoms. The van der Waals surface area contributed by atoms with E-state index < -0.39 is 0 Å². The maximum Gasteiger partial charge on any atom is 0.0472 e. The predicted molar refractivity (Wildman–Crippen MR) is 79.6 cm³/mol. The molecule has 1 unspecified atom stereocenters. The molecule has 102 valence electrons. The van der Waals surface area contributed by atoms with Crippen LogP contribution < -0.4 is 5.73 Å². The van der Waals surface area contributed by atoms with Crippen molar-refractivity contribution in [1.82, 2.24) is 9.80 Å². The number of hydrogen-bond acceptors (Lipinski definition) is 3. The van der Waals surface area contributed by atoms with Gasteiger partial charge < -0.3 is 10.6 Å². The lowest BCUT2D eigenvalue weighted by Gasteiger charge is -2.37. The minimum absolute atomic E-state index is 0. The zero-order chi connectivity index (χ0) is 12.3. The third-order valence-corrected chi connectivity index (χ3v) is 3.67. The Bertz CT molecular complexity index is 365. The summed E-state index contributed by atoms with van der Waals surface area (Å²) in [6, 6.07) is 8.33. The molecule has 0 bridgehead atoms. The van der Waals surface area contributed by atoms with Crippen LogP contribution >= 0.6 is 24.0 Å². The van der Waals surface area contributed by atoms with Crippen LogP contribution in [0.15, 0.2) is 24.3 Å². The Morgan fingerprint density at radius 2 is 1.94 bits per heavy atom. The highest BCUT2D eigenvalue weighted by Gasteiger charge is 2.22. The molecule has 1 atom stereocenters. The van der Waals surface area contributed by atoms with Crippen LogP contribution in [0.2, 0.25) is 5.02 Å². The molecule has 3 nitrogen and oxygen atoms in total. The SMILES string of the molecule is CN1CCN(C(CN)c2cccc(Cl)c2)CC1.Cl. The monoisotopic (exact) mass is 289 g/mol. The van der Waals surface area contributed by atoms with Crippen molar-refractivity contribution in [2.24, 2.45) is 5.73 Å². The molecule has 1 fully saturated rings. The van der Waals surface area contributed by atoms with Crippen LogP contribution in [-0.2, 0) is 0 Å². The van der Waals surface area contributed by atoms with Crippen LogP contribution in [0.5, 0.6) is 0 Å². The quantitative estimate of drug-likeness (QED) is 0.924. The lowest BCUT2D eigenvalue weighted by Crippen LogP contribution is -2.47. The summed E-state index contributed by atoms with van der Waals surface area (Å²) < 4.78 is 0. The van der Waals surface area contributed by atoms with Crippen LogP contribution in [0, 0.1) is 0 Å². The molecule has 2 N–H and O–H groups in total. The standard InChI is InChI=1S/C13H20ClN3.ClH/c1-16-5-7-17(8-6-16)13(10-15)11-3-2-4-12(14)9-11;/h2-4,9,13H,5-8,10,15H2,1H3;1H. The number of hydrogen-bond donors (Lipinski definition) is 1. The summed E-state index contributed by atoms with van der Waals surface area (Å²) in [5.41, 5.74) is 7.15. The number of benzene rings is 1. The van der Waals surface area contributed by atoms with Crippen LogP contribution in [0.1, 0.15) is 11.6 Å². The summed E-state index contributed by atoms with van der Waals surface area (Å²) in [5, 5.41) is 0.787. The zero-order valence-corrected chi connectivity index (χ0v) is 12.3. The van der Waals surface area contributed by atoms with Crippen molar-refractivity contribution in [2.45, 2.75) is 6.04 Å². The fourth-order valence-electron chi connectivity index (χ4n) is 2.34. The highest BCUT2D eigenvalue weighted by Crippen LogP contribution is 2.23. The summed E-state index contributed by atoms with van der Waals surface area (Å²) in [7, 11) is 2.16. The molecular formula is C13H21Cl2N3. The van der Waals surface area contributed by atoms with Crippen LogP contribution in [0.3, 0.4) is 0 Å². The molecule has 0 aromatic heterocycles. The lowest BCUT2D eigenvalue weighted by molar-refractivity contribution is 0.114. The molecule has 1 aliphatic rings. The Labute approximate surface area is 120 Å². The van der Waals surface area contributed by atoms with E-state index in [2.05, 4.69) is 22.9 Å². The first-order valence-corrected chi connectivity index (χ1v) is 6.46. The second-order valence-corrected chi connectivity index (χ2v) is 5.08. The van der Waals surface area contributed by atoms with E-state index in [9.17, 15) is 0 Å². The van der Waals surface area contributed by atoms with E-state index in [0.717, 1.165) is 31.2 Å². The molecule has 1 saturated heterocycles. The molecule has 5 heteroatoms. The number of rotatable bonds is 3. The molecule has 1 aromatic carbocycles. The van der Waals surface area contributed by atoms with E-state index in [4.69, 9.17) is 17.3 Å². The Hall–Kier alpha value is -0.320. The number of nitrogens with two attached hydrogens (primary N) is 1. The normalized spacial score (nSPS) is 19.3. The fraction of sp³-hybridized carbons (Fsp3) is 0.538. The molecule has 0 amide bonds. The van der Waals surface area contributed by atoms with Crippen molar-refractivity contribution in [3.8, 4) is 0 Å². The van der Waals surface area contributed by atoms with Gasteiger partial charge in [0.15, 0.2) is 0 Å². The van der Waals surface area contributed by atoms with Crippen molar-refractivity contribution in [3.05, 3.63) is 34.9 Å². The minimum atomic E-state index is 0. The number of piperazine rings is 1. The van der Waals surface area contributed by atoms with Gasteiger partial charge in [0.2, 0.25) is 0 Å². The third-order valence-electron chi connectivity index (χ3n) is 3.44. The van der Waals surface area contributed by atoms with Crippen molar-refractivity contribution in [2.75, 3.05) is 39.8 Å². The smallest absolute Gasteiger partial charge is 0.0472 e. The highest BCUT2D eigenvalue weighted by atomic mass is 35.5. The maximum absolute atomic E-state index is 6.04. The number of halogens is 2. The molecular weight excluding hydrogens is 269 g/mol. The van der Waals surface area contributed by atoms with Crippen LogP contribution in [0.25, 0.3) is 0 Å². The summed E-state index contributed by atoms with van der Waals surface area (Å²) in [6.45, 7) is 5.01. The molecule has 1 heterocycles. The second kappa shape index (κ2) is 7.31. The summed E-state index contributed by atoms with van der Waals surface area (Å²) in [6.07, 6.45) is 0. The van der Waals surface area contributed by atoms with E-state index in [1.54, 1.807) is 0 Å². The number of likely N-dealkylation sites (N-methyl/N-ethyl adjacent to an activating group) is 1. The van der Waals surface area contributed by atoms with Crippen molar-refractivity contribution < 1.29 is 0 Å². The molecule has 18 heavy (non-hydrogen) atoms. The van der Waals surface area contributed by atoms with Gasteiger partial charge in [-0.15, -0.1) is 12.4 Å². The largest absolute Gasteiger partial charge is 0.329 e. The van der Waals surface area contributed by atoms with Crippen LogP contribution in [-0.4, -0.2) is 49.6 Å². The Kier molecular flexibility index (Phi) is 6.39. The summed E-state index contributed by atoms with van der Waals surface area (Å²) in [4.78, 5) is 4.80. The van der Waals surface area contributed by atoms with E-state index >= 15 is 0 Å². The molecule has 1 aromatic rings. The Morgan fingerprint density at radius 1 is 1.28 bits per heavy atom. The van der Waals surface area contributed by atoms with E-state index in [-0.39, 0.29) is 12.4 Å². The van der Waals surface area contributed by atoms with E-state index in [0.29, 0.717) is 12.6 Å². The zero-order valence-electron chi connectivity index (χ0n) is 10.7. The minimum Gasteiger partial charge on any atom is -0.329 e. The molecule has 0 aliphatic carbocycles. The first kappa shape index (κ1) is 15.7. The van der Waals surface area contributed by atoms with Gasteiger partial charge in [0.1, 0.15) is 0 Å². The molecule has 1 aliphatic heterocycles. The van der Waals surface area contributed by atoms with Gasteiger partial charge in [-0.2, -0.15) is 0 Å².